The molecule has 1 N–H and O–H groups in total. The summed E-state index contributed by atoms with van der Waals surface area (Å²) in [5, 5.41) is 1.10. The van der Waals surface area contributed by atoms with Gasteiger partial charge in [0.25, 0.3) is 5.91 Å². The maximum Gasteiger partial charge on any atom is 0.253 e. The maximum atomic E-state index is 12.3. The fourth-order valence-corrected chi connectivity index (χ4v) is 6.02. The van der Waals surface area contributed by atoms with Gasteiger partial charge in [-0.3, -0.25) is 4.79 Å². The second kappa shape index (κ2) is 8.65. The van der Waals surface area contributed by atoms with Gasteiger partial charge in [-0.25, -0.2) is 4.98 Å². The van der Waals surface area contributed by atoms with Gasteiger partial charge in [-0.05, 0) is 84.3 Å². The highest BCUT2D eigenvalue weighted by atomic mass is 16.2. The predicted molar refractivity (Wildman–Crippen MR) is 142 cm³/mol. The molecule has 4 aromatic rings. The Morgan fingerprint density at radius 2 is 1.83 bits per heavy atom. The summed E-state index contributed by atoms with van der Waals surface area (Å²) in [7, 11) is 5.80. The van der Waals surface area contributed by atoms with Crippen LogP contribution in [0.5, 0.6) is 0 Å². The molecule has 35 heavy (non-hydrogen) atoms. The summed E-state index contributed by atoms with van der Waals surface area (Å²) in [6, 6.07) is 14.9. The monoisotopic (exact) mass is 464 g/mol. The van der Waals surface area contributed by atoms with E-state index in [1.54, 1.807) is 30.1 Å². The summed E-state index contributed by atoms with van der Waals surface area (Å²) in [6.07, 6.45) is 9.10. The number of hydrogen-bond donors (Lipinski definition) is 1. The molecule has 1 aliphatic heterocycles. The Labute approximate surface area is 206 Å². The Morgan fingerprint density at radius 3 is 2.63 bits per heavy atom. The van der Waals surface area contributed by atoms with Crippen LogP contribution < -0.4 is 0 Å². The summed E-state index contributed by atoms with van der Waals surface area (Å²) in [5.41, 5.74) is 10.9. The molecule has 1 amide bonds. The number of carbonyl (C=O) groups excluding carboxylic acids is 1. The normalized spacial score (nSPS) is 17.7. The van der Waals surface area contributed by atoms with Gasteiger partial charge in [0.05, 0.1) is 0 Å². The molecule has 0 radical (unpaired) electrons. The van der Waals surface area contributed by atoms with E-state index in [9.17, 15) is 4.79 Å². The number of fused-ring (bicyclic) bond motifs is 1. The number of rotatable bonds is 3. The molecule has 1 aliphatic carbocycles. The lowest BCUT2D eigenvalue weighted by Gasteiger charge is -2.33. The van der Waals surface area contributed by atoms with Crippen LogP contribution in [-0.2, 0) is 13.0 Å². The first kappa shape index (κ1) is 22.1. The van der Waals surface area contributed by atoms with Crippen LogP contribution >= 0.6 is 0 Å². The fraction of sp³-hybridized carbons (Fsp3) is 0.333. The number of aromatic amines is 1. The zero-order valence-electron chi connectivity index (χ0n) is 20.8. The summed E-state index contributed by atoms with van der Waals surface area (Å²) in [5.74, 6) is 0.689. The standard InChI is InChI=1S/C30H32N4O/c1-33(2)30(35)20-10-8-19(9-11-20)27-16-32-29-26(27)14-24(15-31-29)23-12-21-6-4-5-7-22-17-34(3)18-25(13-23)28(21)22/h8-16,22H,4-7,17-18H2,1-3H3,(H,31,32). The number of likely N-dealkylation sites (N-methyl/N-ethyl adjacent to an activating group) is 1. The minimum absolute atomic E-state index is 0.0134. The number of aryl methyl sites for hydroxylation is 1. The molecule has 5 nitrogen and oxygen atoms in total. The topological polar surface area (TPSA) is 52.2 Å². The molecule has 1 atom stereocenters. The molecule has 0 saturated heterocycles. The molecule has 0 spiro atoms. The summed E-state index contributed by atoms with van der Waals surface area (Å²) >= 11 is 0. The molecule has 178 valence electrons. The molecule has 2 aromatic carbocycles. The van der Waals surface area contributed by atoms with E-state index in [-0.39, 0.29) is 5.91 Å². The Bertz CT molecular complexity index is 1420. The van der Waals surface area contributed by atoms with Gasteiger partial charge in [0, 0.05) is 61.7 Å². The van der Waals surface area contributed by atoms with Gasteiger partial charge in [0.15, 0.2) is 0 Å². The van der Waals surface area contributed by atoms with E-state index in [1.165, 1.54) is 43.4 Å². The van der Waals surface area contributed by atoms with E-state index in [1.807, 2.05) is 36.7 Å². The molecule has 0 saturated carbocycles. The predicted octanol–water partition coefficient (Wildman–Crippen LogP) is 5.85. The highest BCUT2D eigenvalue weighted by Gasteiger charge is 2.28. The van der Waals surface area contributed by atoms with Crippen LogP contribution in [-0.4, -0.2) is 53.4 Å². The zero-order valence-corrected chi connectivity index (χ0v) is 20.8. The lowest BCUT2D eigenvalue weighted by atomic mass is 9.83. The Balaban J connectivity index is 1.41. The Hall–Kier alpha value is -3.44. The molecular formula is C30H32N4O. The van der Waals surface area contributed by atoms with Gasteiger partial charge in [0.2, 0.25) is 0 Å². The van der Waals surface area contributed by atoms with Crippen molar-refractivity contribution in [3.63, 3.8) is 0 Å². The molecule has 3 heterocycles. The van der Waals surface area contributed by atoms with Crippen molar-refractivity contribution in [2.75, 3.05) is 27.7 Å². The van der Waals surface area contributed by atoms with E-state index < -0.39 is 0 Å². The smallest absolute Gasteiger partial charge is 0.253 e. The average molecular weight is 465 g/mol. The van der Waals surface area contributed by atoms with Crippen molar-refractivity contribution in [1.82, 2.24) is 19.8 Å². The van der Waals surface area contributed by atoms with E-state index in [2.05, 4.69) is 35.1 Å². The van der Waals surface area contributed by atoms with Gasteiger partial charge >= 0.3 is 0 Å². The molecule has 0 fully saturated rings. The maximum absolute atomic E-state index is 12.3. The van der Waals surface area contributed by atoms with Crippen LogP contribution in [0.25, 0.3) is 33.3 Å². The molecular weight excluding hydrogens is 432 g/mol. The van der Waals surface area contributed by atoms with Crippen LogP contribution in [0.15, 0.2) is 54.9 Å². The minimum Gasteiger partial charge on any atom is -0.346 e. The fourth-order valence-electron chi connectivity index (χ4n) is 6.02. The third-order valence-corrected chi connectivity index (χ3v) is 7.69. The molecule has 2 aliphatic rings. The first-order valence-electron chi connectivity index (χ1n) is 12.6. The number of nitrogens with one attached hydrogen (secondary N) is 1. The van der Waals surface area contributed by atoms with Crippen molar-refractivity contribution < 1.29 is 4.79 Å². The third-order valence-electron chi connectivity index (χ3n) is 7.69. The zero-order chi connectivity index (χ0) is 24.1. The largest absolute Gasteiger partial charge is 0.346 e. The van der Waals surface area contributed by atoms with Crippen LogP contribution in [0.4, 0.5) is 0 Å². The first-order valence-corrected chi connectivity index (χ1v) is 12.6. The summed E-state index contributed by atoms with van der Waals surface area (Å²) < 4.78 is 0. The van der Waals surface area contributed by atoms with Crippen molar-refractivity contribution in [3.8, 4) is 22.3 Å². The number of carbonyl (C=O) groups is 1. The molecule has 1 unspecified atom stereocenters. The van der Waals surface area contributed by atoms with Crippen LogP contribution in [0.1, 0.15) is 52.2 Å². The molecule has 5 heteroatoms. The van der Waals surface area contributed by atoms with E-state index in [4.69, 9.17) is 4.98 Å². The lowest BCUT2D eigenvalue weighted by Crippen LogP contribution is -2.30. The second-order valence-electron chi connectivity index (χ2n) is 10.4. The lowest BCUT2D eigenvalue weighted by molar-refractivity contribution is 0.0827. The number of pyridine rings is 1. The van der Waals surface area contributed by atoms with Crippen molar-refractivity contribution in [2.45, 2.75) is 38.1 Å². The Morgan fingerprint density at radius 1 is 1.03 bits per heavy atom. The van der Waals surface area contributed by atoms with Crippen molar-refractivity contribution in [3.05, 3.63) is 77.1 Å². The number of amides is 1. The van der Waals surface area contributed by atoms with Crippen molar-refractivity contribution >= 4 is 16.9 Å². The van der Waals surface area contributed by atoms with Gasteiger partial charge in [-0.2, -0.15) is 0 Å². The SMILES string of the molecule is CN1Cc2cc(-c3cnc4[nH]cc(-c5ccc(C(=O)N(C)C)cc5)c4c3)cc3c2C(CCCC3)C1. The van der Waals surface area contributed by atoms with Crippen LogP contribution in [0.3, 0.4) is 0 Å². The van der Waals surface area contributed by atoms with Crippen molar-refractivity contribution in [1.29, 1.82) is 0 Å². The molecule has 2 aromatic heterocycles. The Kier molecular flexibility index (Phi) is 5.45. The summed E-state index contributed by atoms with van der Waals surface area (Å²) in [6.45, 7) is 2.20. The van der Waals surface area contributed by atoms with Crippen molar-refractivity contribution in [2.24, 2.45) is 0 Å². The number of benzene rings is 2. The quantitative estimate of drug-likeness (QED) is 0.414. The van der Waals surface area contributed by atoms with Crippen LogP contribution in [0.2, 0.25) is 0 Å². The van der Waals surface area contributed by atoms with E-state index >= 15 is 0 Å². The van der Waals surface area contributed by atoms with Gasteiger partial charge < -0.3 is 14.8 Å². The van der Waals surface area contributed by atoms with Crippen LogP contribution in [0, 0.1) is 0 Å². The highest BCUT2D eigenvalue weighted by Crippen LogP contribution is 2.40. The number of nitrogens with zero attached hydrogens (tertiary/aromatic N) is 3. The van der Waals surface area contributed by atoms with E-state index in [0.717, 1.165) is 34.3 Å². The third kappa shape index (κ3) is 3.94. The number of hydrogen-bond acceptors (Lipinski definition) is 3. The second-order valence-corrected chi connectivity index (χ2v) is 10.4. The van der Waals surface area contributed by atoms with E-state index in [0.29, 0.717) is 11.5 Å². The average Bonchev–Trinajstić information content (AvgIpc) is 3.17. The number of aromatic nitrogens is 2. The van der Waals surface area contributed by atoms with Gasteiger partial charge in [0.1, 0.15) is 5.65 Å². The molecule has 6 rings (SSSR count). The van der Waals surface area contributed by atoms with Gasteiger partial charge in [-0.15, -0.1) is 0 Å². The number of H-pyrrole nitrogens is 1. The van der Waals surface area contributed by atoms with Gasteiger partial charge in [-0.1, -0.05) is 24.6 Å². The molecule has 0 bridgehead atoms. The highest BCUT2D eigenvalue weighted by molar-refractivity contribution is 5.98. The minimum atomic E-state index is 0.0134. The first-order chi connectivity index (χ1) is 17.0. The summed E-state index contributed by atoms with van der Waals surface area (Å²) in [4.78, 5) is 24.5.